The minimum absolute atomic E-state index is 1.27. The average molecular weight is 326 g/mol. The van der Waals surface area contributed by atoms with Crippen molar-refractivity contribution in [3.63, 3.8) is 0 Å². The summed E-state index contributed by atoms with van der Waals surface area (Å²) < 4.78 is 2.32. The van der Waals surface area contributed by atoms with Crippen LogP contribution in [0.1, 0.15) is 22.3 Å². The minimum atomic E-state index is 1.27. The highest BCUT2D eigenvalue weighted by molar-refractivity contribution is 6.09. The number of rotatable bonds is 1. The molecule has 4 aromatic rings. The molecule has 4 rings (SSSR count). The molecule has 0 radical (unpaired) electrons. The van der Waals surface area contributed by atoms with E-state index in [-0.39, 0.29) is 0 Å². The van der Waals surface area contributed by atoms with Crippen LogP contribution >= 0.6 is 0 Å². The Labute approximate surface area is 149 Å². The van der Waals surface area contributed by atoms with E-state index in [4.69, 9.17) is 0 Å². The number of benzene rings is 3. The van der Waals surface area contributed by atoms with Gasteiger partial charge in [-0.2, -0.15) is 4.57 Å². The first kappa shape index (κ1) is 15.8. The smallest absolute Gasteiger partial charge is 0.194 e. The van der Waals surface area contributed by atoms with Crippen LogP contribution < -0.4 is 4.57 Å². The fourth-order valence-corrected chi connectivity index (χ4v) is 4.33. The molecule has 0 aliphatic rings. The highest BCUT2D eigenvalue weighted by atomic mass is 14.9. The lowest BCUT2D eigenvalue weighted by Crippen LogP contribution is -2.30. The minimum Gasteiger partial charge on any atom is -0.194 e. The molecule has 0 spiro atoms. The number of aryl methyl sites for hydroxylation is 5. The fourth-order valence-electron chi connectivity index (χ4n) is 4.33. The Kier molecular flexibility index (Phi) is 3.61. The van der Waals surface area contributed by atoms with E-state index in [0.717, 1.165) is 0 Å². The Morgan fingerprint density at radius 3 is 2.00 bits per heavy atom. The van der Waals surface area contributed by atoms with Crippen molar-refractivity contribution in [3.05, 3.63) is 76.9 Å². The first-order valence-corrected chi connectivity index (χ1v) is 8.87. The lowest BCUT2D eigenvalue weighted by Gasteiger charge is -2.17. The second-order valence-corrected chi connectivity index (χ2v) is 7.19. The molecule has 0 N–H and O–H groups in total. The molecule has 0 fully saturated rings. The zero-order valence-electron chi connectivity index (χ0n) is 15.6. The third kappa shape index (κ3) is 2.34. The number of fused-ring (bicyclic) bond motifs is 2. The van der Waals surface area contributed by atoms with E-state index in [1.165, 1.54) is 55.2 Å². The van der Waals surface area contributed by atoms with Gasteiger partial charge in [0.25, 0.3) is 0 Å². The molecule has 0 saturated heterocycles. The molecule has 1 heteroatoms. The maximum atomic E-state index is 2.32. The molecular weight excluding hydrogens is 302 g/mol. The van der Waals surface area contributed by atoms with Gasteiger partial charge < -0.3 is 0 Å². The molecule has 1 heterocycles. The van der Waals surface area contributed by atoms with Crippen molar-refractivity contribution in [2.24, 2.45) is 7.05 Å². The Morgan fingerprint density at radius 1 is 0.640 bits per heavy atom. The van der Waals surface area contributed by atoms with Gasteiger partial charge in [-0.3, -0.25) is 0 Å². The SMILES string of the molecule is Cc1cc(C)c(-c2c3ccccc3[n+](C)c3cccc(C)c23)c(C)c1. The summed E-state index contributed by atoms with van der Waals surface area (Å²) in [7, 11) is 2.17. The molecule has 124 valence electrons. The number of pyridine rings is 1. The van der Waals surface area contributed by atoms with Gasteiger partial charge in [0.15, 0.2) is 0 Å². The normalized spacial score (nSPS) is 11.4. The second kappa shape index (κ2) is 5.70. The first-order valence-electron chi connectivity index (χ1n) is 8.87. The summed E-state index contributed by atoms with van der Waals surface area (Å²) in [6.45, 7) is 8.87. The Morgan fingerprint density at radius 2 is 1.28 bits per heavy atom. The quantitative estimate of drug-likeness (QED) is 0.311. The summed E-state index contributed by atoms with van der Waals surface area (Å²) in [5.74, 6) is 0. The van der Waals surface area contributed by atoms with Crippen molar-refractivity contribution < 1.29 is 4.57 Å². The van der Waals surface area contributed by atoms with Crippen LogP contribution in [0.4, 0.5) is 0 Å². The molecule has 0 saturated carbocycles. The zero-order chi connectivity index (χ0) is 17.7. The van der Waals surface area contributed by atoms with Crippen LogP contribution in [-0.2, 0) is 7.05 Å². The molecule has 1 aromatic heterocycles. The predicted molar refractivity (Wildman–Crippen MR) is 107 cm³/mol. The molecule has 0 aliphatic carbocycles. The van der Waals surface area contributed by atoms with Crippen molar-refractivity contribution in [2.75, 3.05) is 0 Å². The largest absolute Gasteiger partial charge is 0.213 e. The van der Waals surface area contributed by atoms with Crippen LogP contribution in [0.25, 0.3) is 32.9 Å². The molecular formula is C24H24N+. The van der Waals surface area contributed by atoms with Crippen LogP contribution in [0, 0.1) is 27.7 Å². The molecule has 1 nitrogen and oxygen atoms in total. The molecule has 0 unspecified atom stereocenters. The maximum Gasteiger partial charge on any atom is 0.213 e. The van der Waals surface area contributed by atoms with E-state index < -0.39 is 0 Å². The standard InChI is InChI=1S/C24H24N/c1-15-13-17(3)22(18(4)14-15)24-19-10-6-7-11-20(19)25(5)21-12-8-9-16(2)23(21)24/h6-14H,1-5H3/q+1. The number of para-hydroxylation sites is 1. The molecule has 25 heavy (non-hydrogen) atoms. The molecule has 0 atom stereocenters. The van der Waals surface area contributed by atoms with E-state index in [0.29, 0.717) is 0 Å². The molecule has 0 bridgehead atoms. The summed E-state index contributed by atoms with van der Waals surface area (Å²) in [4.78, 5) is 0. The van der Waals surface area contributed by atoms with Gasteiger partial charge in [-0.05, 0) is 56.0 Å². The molecule has 3 aromatic carbocycles. The summed E-state index contributed by atoms with van der Waals surface area (Å²) >= 11 is 0. The molecule has 0 aliphatic heterocycles. The maximum absolute atomic E-state index is 2.32. The predicted octanol–water partition coefficient (Wildman–Crippen LogP) is 5.72. The lowest BCUT2D eigenvalue weighted by atomic mass is 9.87. The van der Waals surface area contributed by atoms with Crippen LogP contribution in [0.5, 0.6) is 0 Å². The summed E-state index contributed by atoms with van der Waals surface area (Å²) in [5.41, 5.74) is 10.7. The number of aromatic nitrogens is 1. The van der Waals surface area contributed by atoms with Crippen molar-refractivity contribution in [1.82, 2.24) is 0 Å². The number of hydrogen-bond acceptors (Lipinski definition) is 0. The van der Waals surface area contributed by atoms with Gasteiger partial charge in [-0.25, -0.2) is 0 Å². The topological polar surface area (TPSA) is 3.88 Å². The van der Waals surface area contributed by atoms with Crippen LogP contribution in [0.2, 0.25) is 0 Å². The monoisotopic (exact) mass is 326 g/mol. The number of nitrogens with zero attached hydrogens (tertiary/aromatic N) is 1. The van der Waals surface area contributed by atoms with E-state index in [2.05, 4.69) is 93.9 Å². The Hall–Kier alpha value is -2.67. The lowest BCUT2D eigenvalue weighted by molar-refractivity contribution is -0.617. The van der Waals surface area contributed by atoms with Gasteiger partial charge in [0, 0.05) is 17.7 Å². The van der Waals surface area contributed by atoms with Crippen molar-refractivity contribution in [3.8, 4) is 11.1 Å². The van der Waals surface area contributed by atoms with Crippen molar-refractivity contribution >= 4 is 21.8 Å². The van der Waals surface area contributed by atoms with Crippen LogP contribution in [0.3, 0.4) is 0 Å². The zero-order valence-corrected chi connectivity index (χ0v) is 15.6. The first-order chi connectivity index (χ1) is 12.0. The van der Waals surface area contributed by atoms with E-state index >= 15 is 0 Å². The van der Waals surface area contributed by atoms with Crippen LogP contribution in [-0.4, -0.2) is 0 Å². The average Bonchev–Trinajstić information content (AvgIpc) is 2.57. The molecule has 0 amide bonds. The van der Waals surface area contributed by atoms with Crippen molar-refractivity contribution in [2.45, 2.75) is 27.7 Å². The van der Waals surface area contributed by atoms with Crippen LogP contribution in [0.15, 0.2) is 54.6 Å². The van der Waals surface area contributed by atoms with E-state index in [1.54, 1.807) is 0 Å². The van der Waals surface area contributed by atoms with E-state index in [1.807, 2.05) is 0 Å². The fraction of sp³-hybridized carbons (Fsp3) is 0.208. The van der Waals surface area contributed by atoms with Crippen molar-refractivity contribution in [1.29, 1.82) is 0 Å². The second-order valence-electron chi connectivity index (χ2n) is 7.19. The van der Waals surface area contributed by atoms with Gasteiger partial charge in [-0.1, -0.05) is 42.0 Å². The summed E-state index contributed by atoms with van der Waals surface area (Å²) in [5, 5.41) is 2.68. The summed E-state index contributed by atoms with van der Waals surface area (Å²) in [6, 6.07) is 20.0. The highest BCUT2D eigenvalue weighted by Gasteiger charge is 2.22. The van der Waals surface area contributed by atoms with Gasteiger partial charge in [0.1, 0.15) is 7.05 Å². The Balaban J connectivity index is 2.33. The Bertz CT molecular complexity index is 1110. The third-order valence-corrected chi connectivity index (χ3v) is 5.32. The van der Waals surface area contributed by atoms with Gasteiger partial charge in [0.2, 0.25) is 11.0 Å². The third-order valence-electron chi connectivity index (χ3n) is 5.32. The van der Waals surface area contributed by atoms with Gasteiger partial charge in [0.05, 0.1) is 10.8 Å². The van der Waals surface area contributed by atoms with E-state index in [9.17, 15) is 0 Å². The number of hydrogen-bond donors (Lipinski definition) is 0. The van der Waals surface area contributed by atoms with Gasteiger partial charge >= 0.3 is 0 Å². The highest BCUT2D eigenvalue weighted by Crippen LogP contribution is 2.39. The van der Waals surface area contributed by atoms with Gasteiger partial charge in [-0.15, -0.1) is 0 Å². The summed E-state index contributed by atoms with van der Waals surface area (Å²) in [6.07, 6.45) is 0.